The van der Waals surface area contributed by atoms with Crippen LogP contribution in [0.3, 0.4) is 0 Å². The van der Waals surface area contributed by atoms with E-state index in [1.54, 1.807) is 12.1 Å². The lowest BCUT2D eigenvalue weighted by atomic mass is 10.1. The minimum absolute atomic E-state index is 0.152. The Balaban J connectivity index is 2.14. The number of rotatable bonds is 4. The zero-order valence-corrected chi connectivity index (χ0v) is 11.4. The molecule has 0 atom stereocenters. The van der Waals surface area contributed by atoms with Gasteiger partial charge in [0.15, 0.2) is 0 Å². The number of aryl methyl sites for hydroxylation is 1. The number of benzene rings is 2. The first-order valence-corrected chi connectivity index (χ1v) is 6.34. The Hall–Kier alpha value is -1.58. The summed E-state index contributed by atoms with van der Waals surface area (Å²) in [5.74, 6) is 0.316. The summed E-state index contributed by atoms with van der Waals surface area (Å²) in [6, 6.07) is 10.3. The maximum Gasteiger partial charge on any atom is 0.131 e. The van der Waals surface area contributed by atoms with Gasteiger partial charge in [-0.05, 0) is 25.1 Å². The fraction of sp³-hybridized carbons (Fsp3) is 0.200. The highest BCUT2D eigenvalue weighted by Crippen LogP contribution is 2.22. The van der Waals surface area contributed by atoms with Crippen molar-refractivity contribution in [2.24, 2.45) is 5.73 Å². The van der Waals surface area contributed by atoms with E-state index in [1.165, 1.54) is 6.07 Å². The van der Waals surface area contributed by atoms with Gasteiger partial charge in [0.25, 0.3) is 0 Å². The molecule has 2 aromatic rings. The summed E-state index contributed by atoms with van der Waals surface area (Å²) in [7, 11) is 0. The Kier molecular flexibility index (Phi) is 4.40. The van der Waals surface area contributed by atoms with E-state index in [4.69, 9.17) is 22.1 Å². The summed E-state index contributed by atoms with van der Waals surface area (Å²) < 4.78 is 19.2. The lowest BCUT2D eigenvalue weighted by Gasteiger charge is -2.11. The number of ether oxygens (including phenoxy) is 1. The molecule has 0 aliphatic heterocycles. The Labute approximate surface area is 117 Å². The molecule has 100 valence electrons. The monoisotopic (exact) mass is 279 g/mol. The van der Waals surface area contributed by atoms with Crippen molar-refractivity contribution < 1.29 is 9.13 Å². The largest absolute Gasteiger partial charge is 0.488 e. The van der Waals surface area contributed by atoms with Gasteiger partial charge in [-0.1, -0.05) is 35.4 Å². The molecule has 0 fully saturated rings. The van der Waals surface area contributed by atoms with E-state index in [0.29, 0.717) is 22.9 Å². The minimum atomic E-state index is -0.367. The van der Waals surface area contributed by atoms with Crippen LogP contribution in [-0.2, 0) is 13.2 Å². The third-order valence-electron chi connectivity index (χ3n) is 2.83. The molecule has 0 saturated carbocycles. The fourth-order valence-electron chi connectivity index (χ4n) is 1.80. The van der Waals surface area contributed by atoms with E-state index >= 15 is 0 Å². The molecule has 2 nitrogen and oxygen atoms in total. The van der Waals surface area contributed by atoms with Crippen LogP contribution in [0, 0.1) is 12.7 Å². The van der Waals surface area contributed by atoms with Crippen molar-refractivity contribution in [3.63, 3.8) is 0 Å². The number of hydrogen-bond acceptors (Lipinski definition) is 2. The molecule has 2 N–H and O–H groups in total. The Bertz CT molecular complexity index is 586. The van der Waals surface area contributed by atoms with Gasteiger partial charge in [0.1, 0.15) is 18.2 Å². The number of hydrogen-bond donors (Lipinski definition) is 1. The Morgan fingerprint density at radius 3 is 2.63 bits per heavy atom. The summed E-state index contributed by atoms with van der Waals surface area (Å²) in [5, 5.41) is 0.374. The Morgan fingerprint density at radius 2 is 1.95 bits per heavy atom. The van der Waals surface area contributed by atoms with Gasteiger partial charge in [0, 0.05) is 22.7 Å². The maximum absolute atomic E-state index is 13.6. The van der Waals surface area contributed by atoms with Crippen molar-refractivity contribution in [1.82, 2.24) is 0 Å². The molecular formula is C15H15ClFNO. The van der Waals surface area contributed by atoms with Crippen LogP contribution in [0.5, 0.6) is 5.75 Å². The predicted octanol–water partition coefficient (Wildman–Crippen LogP) is 3.83. The van der Waals surface area contributed by atoms with Gasteiger partial charge >= 0.3 is 0 Å². The average molecular weight is 280 g/mol. The van der Waals surface area contributed by atoms with Gasteiger partial charge in [-0.2, -0.15) is 0 Å². The standard InChI is InChI=1S/C15H15ClFNO/c1-10-2-5-15(12(6-10)8-18)19-9-11-3-4-13(16)7-14(11)17/h2-7H,8-9,18H2,1H3. The first-order valence-electron chi connectivity index (χ1n) is 5.96. The maximum atomic E-state index is 13.6. The third-order valence-corrected chi connectivity index (χ3v) is 3.07. The fourth-order valence-corrected chi connectivity index (χ4v) is 1.96. The molecule has 0 bridgehead atoms. The molecule has 0 saturated heterocycles. The zero-order chi connectivity index (χ0) is 13.8. The second kappa shape index (κ2) is 6.04. The van der Waals surface area contributed by atoms with Gasteiger partial charge in [-0.15, -0.1) is 0 Å². The highest BCUT2D eigenvalue weighted by Gasteiger charge is 2.06. The lowest BCUT2D eigenvalue weighted by Crippen LogP contribution is -2.04. The number of nitrogens with two attached hydrogens (primary N) is 1. The van der Waals surface area contributed by atoms with Crippen molar-refractivity contribution in [3.8, 4) is 5.75 Å². The van der Waals surface area contributed by atoms with Crippen LogP contribution < -0.4 is 10.5 Å². The molecular weight excluding hydrogens is 265 g/mol. The molecule has 0 radical (unpaired) electrons. The van der Waals surface area contributed by atoms with Crippen molar-refractivity contribution in [2.75, 3.05) is 0 Å². The van der Waals surface area contributed by atoms with Gasteiger partial charge in [-0.3, -0.25) is 0 Å². The number of halogens is 2. The summed E-state index contributed by atoms with van der Waals surface area (Å²) in [6.45, 7) is 2.53. The average Bonchev–Trinajstić information content (AvgIpc) is 2.39. The van der Waals surface area contributed by atoms with Crippen LogP contribution in [0.25, 0.3) is 0 Å². The first kappa shape index (κ1) is 13.8. The molecule has 19 heavy (non-hydrogen) atoms. The van der Waals surface area contributed by atoms with E-state index in [0.717, 1.165) is 11.1 Å². The molecule has 0 heterocycles. The molecule has 0 amide bonds. The Morgan fingerprint density at radius 1 is 1.16 bits per heavy atom. The highest BCUT2D eigenvalue weighted by atomic mass is 35.5. The van der Waals surface area contributed by atoms with Crippen molar-refractivity contribution in [2.45, 2.75) is 20.1 Å². The highest BCUT2D eigenvalue weighted by molar-refractivity contribution is 6.30. The normalized spacial score (nSPS) is 10.5. The first-order chi connectivity index (χ1) is 9.10. The topological polar surface area (TPSA) is 35.2 Å². The van der Waals surface area contributed by atoms with Crippen LogP contribution >= 0.6 is 11.6 Å². The van der Waals surface area contributed by atoms with E-state index in [1.807, 2.05) is 25.1 Å². The van der Waals surface area contributed by atoms with Crippen LogP contribution in [0.2, 0.25) is 5.02 Å². The zero-order valence-electron chi connectivity index (χ0n) is 10.6. The molecule has 2 rings (SSSR count). The summed E-state index contributed by atoms with van der Waals surface area (Å²) >= 11 is 5.70. The van der Waals surface area contributed by atoms with E-state index < -0.39 is 0 Å². The summed E-state index contributed by atoms with van der Waals surface area (Å²) in [5.41, 5.74) is 8.16. The SMILES string of the molecule is Cc1ccc(OCc2ccc(Cl)cc2F)c(CN)c1. The van der Waals surface area contributed by atoms with E-state index in [9.17, 15) is 4.39 Å². The molecule has 4 heteroatoms. The second-order valence-electron chi connectivity index (χ2n) is 4.34. The summed E-state index contributed by atoms with van der Waals surface area (Å²) in [4.78, 5) is 0. The van der Waals surface area contributed by atoms with Crippen LogP contribution in [0.15, 0.2) is 36.4 Å². The van der Waals surface area contributed by atoms with Crippen molar-refractivity contribution in [1.29, 1.82) is 0 Å². The van der Waals surface area contributed by atoms with Gasteiger partial charge in [0.05, 0.1) is 0 Å². The molecule has 0 unspecified atom stereocenters. The smallest absolute Gasteiger partial charge is 0.131 e. The van der Waals surface area contributed by atoms with Crippen LogP contribution in [0.4, 0.5) is 4.39 Å². The van der Waals surface area contributed by atoms with Crippen LogP contribution in [0.1, 0.15) is 16.7 Å². The lowest BCUT2D eigenvalue weighted by molar-refractivity contribution is 0.296. The second-order valence-corrected chi connectivity index (χ2v) is 4.78. The van der Waals surface area contributed by atoms with Gasteiger partial charge < -0.3 is 10.5 Å². The predicted molar refractivity (Wildman–Crippen MR) is 74.8 cm³/mol. The molecule has 2 aromatic carbocycles. The van der Waals surface area contributed by atoms with Gasteiger partial charge in [0.2, 0.25) is 0 Å². The van der Waals surface area contributed by atoms with E-state index in [2.05, 4.69) is 0 Å². The molecule has 0 spiro atoms. The van der Waals surface area contributed by atoms with Crippen molar-refractivity contribution in [3.05, 3.63) is 63.9 Å². The molecule has 0 aliphatic carbocycles. The summed E-state index contributed by atoms with van der Waals surface area (Å²) in [6.07, 6.45) is 0. The van der Waals surface area contributed by atoms with Crippen molar-refractivity contribution >= 4 is 11.6 Å². The molecule has 0 aromatic heterocycles. The third kappa shape index (κ3) is 3.46. The minimum Gasteiger partial charge on any atom is -0.488 e. The molecule has 0 aliphatic rings. The van der Waals surface area contributed by atoms with Gasteiger partial charge in [-0.25, -0.2) is 4.39 Å². The van der Waals surface area contributed by atoms with Crippen LogP contribution in [-0.4, -0.2) is 0 Å². The van der Waals surface area contributed by atoms with E-state index in [-0.39, 0.29) is 12.4 Å². The quantitative estimate of drug-likeness (QED) is 0.923.